The van der Waals surface area contributed by atoms with Crippen LogP contribution in [0.5, 0.6) is 0 Å². The molecule has 0 saturated carbocycles. The number of fused-ring (bicyclic) bond motifs is 5. The fourth-order valence-corrected chi connectivity index (χ4v) is 4.13. The highest BCUT2D eigenvalue weighted by atomic mass is 16.5. The van der Waals surface area contributed by atoms with Crippen molar-refractivity contribution in [3.05, 3.63) is 33.9 Å². The van der Waals surface area contributed by atoms with Crippen LogP contribution in [0, 0.1) is 0 Å². The summed E-state index contributed by atoms with van der Waals surface area (Å²) in [5, 5.41) is 31.7. The summed E-state index contributed by atoms with van der Waals surface area (Å²) in [6.07, 6.45) is -1.04. The number of primary amides is 1. The molecule has 5 N–H and O–H groups in total. The van der Waals surface area contributed by atoms with Crippen molar-refractivity contribution in [2.75, 3.05) is 20.2 Å². The molecule has 4 rings (SSSR count). The van der Waals surface area contributed by atoms with Crippen molar-refractivity contribution in [1.29, 1.82) is 0 Å². The molecule has 1 unspecified atom stereocenters. The van der Waals surface area contributed by atoms with E-state index >= 15 is 0 Å². The van der Waals surface area contributed by atoms with Gasteiger partial charge in [-0.05, 0) is 14.0 Å². The number of nitrogens with two attached hydrogens (primary N) is 1. The number of hydrogen-bond donors (Lipinski definition) is 4. The van der Waals surface area contributed by atoms with Crippen molar-refractivity contribution in [2.24, 2.45) is 5.73 Å². The van der Waals surface area contributed by atoms with E-state index in [1.165, 1.54) is 6.92 Å². The molecule has 2 fully saturated rings. The smallest absolute Gasteiger partial charge is 0.404 e. The minimum absolute atomic E-state index is 0.0295. The Kier molecular flexibility index (Phi) is 2.70. The molecule has 0 aromatic heterocycles. The van der Waals surface area contributed by atoms with E-state index in [9.17, 15) is 24.9 Å². The standard InChI is InChI=1S/C15H17N3O6/c1-5-10(19)9-8(12(21)11(5)20)6(4-24-14(16)22)15(23)13-7(17(13)2)3-18(9)15/h7,13,19-20,23H,3-4H2,1-2H3,(H2,16,22)/t7-,13-,15+,17?/m0/s1. The lowest BCUT2D eigenvalue weighted by Gasteiger charge is -2.35. The second-order valence-corrected chi connectivity index (χ2v) is 6.48. The van der Waals surface area contributed by atoms with Gasteiger partial charge in [-0.3, -0.25) is 9.69 Å². The number of allylic oxidation sites excluding steroid dienone is 3. The lowest BCUT2D eigenvalue weighted by molar-refractivity contribution is -0.114. The first-order chi connectivity index (χ1) is 11.2. The van der Waals surface area contributed by atoms with Gasteiger partial charge in [-0.2, -0.15) is 0 Å². The highest BCUT2D eigenvalue weighted by Gasteiger charge is 2.72. The summed E-state index contributed by atoms with van der Waals surface area (Å²) in [6, 6.07) is -0.229. The molecule has 24 heavy (non-hydrogen) atoms. The van der Waals surface area contributed by atoms with Gasteiger partial charge in [0.25, 0.3) is 0 Å². The van der Waals surface area contributed by atoms with Crippen molar-refractivity contribution in [3.8, 4) is 0 Å². The molecule has 1 amide bonds. The lowest BCUT2D eigenvalue weighted by atomic mass is 9.90. The first-order valence-corrected chi connectivity index (χ1v) is 7.47. The molecule has 9 nitrogen and oxygen atoms in total. The molecular formula is C15H17N3O6. The fraction of sp³-hybridized carbons (Fsp3) is 0.467. The predicted octanol–water partition coefficient (Wildman–Crippen LogP) is -0.737. The zero-order valence-corrected chi connectivity index (χ0v) is 13.1. The Labute approximate surface area is 136 Å². The van der Waals surface area contributed by atoms with Crippen LogP contribution >= 0.6 is 0 Å². The van der Waals surface area contributed by atoms with Gasteiger partial charge in [0.1, 0.15) is 12.4 Å². The Balaban J connectivity index is 1.92. The third kappa shape index (κ3) is 1.51. The van der Waals surface area contributed by atoms with Gasteiger partial charge in [0, 0.05) is 23.7 Å². The van der Waals surface area contributed by atoms with E-state index in [1.54, 1.807) is 4.90 Å². The zero-order chi connectivity index (χ0) is 17.5. The minimum atomic E-state index is -1.59. The molecule has 4 aliphatic rings. The van der Waals surface area contributed by atoms with E-state index in [0.717, 1.165) is 0 Å². The number of ketones is 1. The van der Waals surface area contributed by atoms with Crippen LogP contribution in [0.2, 0.25) is 0 Å². The van der Waals surface area contributed by atoms with Crippen molar-refractivity contribution in [3.63, 3.8) is 0 Å². The van der Waals surface area contributed by atoms with Crippen LogP contribution < -0.4 is 5.73 Å². The third-order valence-corrected chi connectivity index (χ3v) is 5.42. The summed E-state index contributed by atoms with van der Waals surface area (Å²) >= 11 is 0. The van der Waals surface area contributed by atoms with Gasteiger partial charge in [-0.25, -0.2) is 4.79 Å². The number of hydrogen-bond acceptors (Lipinski definition) is 8. The number of piperazine rings is 1. The molecule has 3 aliphatic heterocycles. The van der Waals surface area contributed by atoms with Crippen LogP contribution in [0.1, 0.15) is 6.92 Å². The first-order valence-electron chi connectivity index (χ1n) is 7.47. The van der Waals surface area contributed by atoms with Gasteiger partial charge < -0.3 is 30.7 Å². The van der Waals surface area contributed by atoms with E-state index in [4.69, 9.17) is 10.5 Å². The van der Waals surface area contributed by atoms with Crippen LogP contribution in [0.3, 0.4) is 0 Å². The molecule has 3 heterocycles. The summed E-state index contributed by atoms with van der Waals surface area (Å²) in [4.78, 5) is 27.0. The number of Topliss-reactive ketones (excluding diaryl/α,β-unsaturated/α-hetero) is 1. The van der Waals surface area contributed by atoms with Crippen molar-refractivity contribution in [2.45, 2.75) is 24.7 Å². The topological polar surface area (TPSA) is 136 Å². The maximum absolute atomic E-state index is 12.6. The molecule has 0 radical (unpaired) electrons. The first kappa shape index (κ1) is 15.0. The monoisotopic (exact) mass is 335 g/mol. The van der Waals surface area contributed by atoms with Gasteiger partial charge in [0.2, 0.25) is 5.78 Å². The van der Waals surface area contributed by atoms with Gasteiger partial charge in [-0.1, -0.05) is 0 Å². The Hall–Kier alpha value is -2.52. The van der Waals surface area contributed by atoms with Gasteiger partial charge in [0.15, 0.2) is 11.5 Å². The number of aliphatic hydroxyl groups excluding tert-OH is 2. The number of likely N-dealkylation sites (N-methyl/N-ethyl adjacent to an activating group) is 1. The van der Waals surface area contributed by atoms with Gasteiger partial charge >= 0.3 is 6.09 Å². The van der Waals surface area contributed by atoms with E-state index in [-0.39, 0.29) is 40.3 Å². The second-order valence-electron chi connectivity index (χ2n) is 6.48. The summed E-state index contributed by atoms with van der Waals surface area (Å²) in [5.74, 6) is -1.57. The molecule has 0 aromatic rings. The average Bonchev–Trinajstić information content (AvgIpc) is 2.93. The maximum Gasteiger partial charge on any atom is 0.404 e. The molecule has 0 spiro atoms. The van der Waals surface area contributed by atoms with Crippen molar-refractivity contribution >= 4 is 11.9 Å². The number of nitrogens with zero attached hydrogens (tertiary/aromatic N) is 2. The molecule has 2 saturated heterocycles. The second kappa shape index (κ2) is 4.31. The molecule has 4 atom stereocenters. The fourth-order valence-electron chi connectivity index (χ4n) is 4.13. The van der Waals surface area contributed by atoms with Gasteiger partial charge in [-0.15, -0.1) is 0 Å². The van der Waals surface area contributed by atoms with E-state index in [2.05, 4.69) is 0 Å². The number of carbonyl (C=O) groups excluding carboxylic acids is 2. The summed E-state index contributed by atoms with van der Waals surface area (Å²) in [6.45, 7) is 1.43. The minimum Gasteiger partial charge on any atom is -0.505 e. The van der Waals surface area contributed by atoms with E-state index in [0.29, 0.717) is 6.54 Å². The van der Waals surface area contributed by atoms with E-state index < -0.39 is 30.0 Å². The maximum atomic E-state index is 12.6. The molecule has 1 aliphatic carbocycles. The molecule has 128 valence electrons. The summed E-state index contributed by atoms with van der Waals surface area (Å²) in [7, 11) is 1.83. The number of aliphatic hydroxyl groups is 3. The Morgan fingerprint density at radius 1 is 1.42 bits per heavy atom. The van der Waals surface area contributed by atoms with Crippen LogP contribution in [0.25, 0.3) is 0 Å². The van der Waals surface area contributed by atoms with Crippen molar-refractivity contribution < 1.29 is 29.6 Å². The Morgan fingerprint density at radius 3 is 2.71 bits per heavy atom. The highest BCUT2D eigenvalue weighted by Crippen LogP contribution is 2.57. The quantitative estimate of drug-likeness (QED) is 0.485. The number of ether oxygens (including phenoxy) is 1. The van der Waals surface area contributed by atoms with Crippen LogP contribution in [-0.4, -0.2) is 75.0 Å². The van der Waals surface area contributed by atoms with Crippen LogP contribution in [-0.2, 0) is 9.53 Å². The van der Waals surface area contributed by atoms with Crippen LogP contribution in [0.15, 0.2) is 33.9 Å². The summed E-state index contributed by atoms with van der Waals surface area (Å²) < 4.78 is 4.82. The Bertz CT molecular complexity index is 797. The normalized spacial score (nSPS) is 36.9. The number of amides is 1. The Morgan fingerprint density at radius 2 is 2.08 bits per heavy atom. The number of carbonyl (C=O) groups is 2. The molecule has 0 bridgehead atoms. The average molecular weight is 335 g/mol. The van der Waals surface area contributed by atoms with Crippen LogP contribution in [0.4, 0.5) is 4.79 Å². The lowest BCUT2D eigenvalue weighted by Crippen LogP contribution is -2.49. The largest absolute Gasteiger partial charge is 0.505 e. The molecule has 9 heteroatoms. The predicted molar refractivity (Wildman–Crippen MR) is 79.5 cm³/mol. The molecular weight excluding hydrogens is 318 g/mol. The third-order valence-electron chi connectivity index (χ3n) is 5.42. The molecule has 0 aromatic carbocycles. The highest BCUT2D eigenvalue weighted by molar-refractivity contribution is 6.13. The zero-order valence-electron chi connectivity index (χ0n) is 13.1. The van der Waals surface area contributed by atoms with E-state index in [1.807, 2.05) is 11.9 Å². The summed E-state index contributed by atoms with van der Waals surface area (Å²) in [5.41, 5.74) is 3.73. The number of rotatable bonds is 2. The SMILES string of the molecule is CC1=C(O)C(=O)C2=C(COC(N)=O)[C@@]3(O)[C@@H]4[C@H](CN3C2=C1O)N4C. The van der Waals surface area contributed by atoms with Crippen molar-refractivity contribution in [1.82, 2.24) is 9.80 Å². The van der Waals surface area contributed by atoms with Gasteiger partial charge in [0.05, 0.1) is 17.3 Å².